The first kappa shape index (κ1) is 32.1. The minimum atomic E-state index is -3.81. The summed E-state index contributed by atoms with van der Waals surface area (Å²) in [6, 6.07) is 23.3. The second-order valence-corrected chi connectivity index (χ2v) is 13.1. The molecular formula is C34H43N3O5S. The van der Waals surface area contributed by atoms with E-state index in [1.165, 1.54) is 4.90 Å². The van der Waals surface area contributed by atoms with Gasteiger partial charge in [-0.05, 0) is 60.2 Å². The van der Waals surface area contributed by atoms with Crippen LogP contribution in [0.2, 0.25) is 0 Å². The Morgan fingerprint density at radius 2 is 1.58 bits per heavy atom. The minimum Gasteiger partial charge on any atom is -0.497 e. The van der Waals surface area contributed by atoms with E-state index in [9.17, 15) is 18.0 Å². The summed E-state index contributed by atoms with van der Waals surface area (Å²) in [4.78, 5) is 29.9. The van der Waals surface area contributed by atoms with Crippen molar-refractivity contribution in [2.24, 2.45) is 0 Å². The molecule has 0 aliphatic heterocycles. The molecule has 2 amide bonds. The summed E-state index contributed by atoms with van der Waals surface area (Å²) in [6.45, 7) is 1.70. The standard InChI is InChI=1S/C34H43N3O5S/c1-4-26-18-20-30(21-19-26)37(43(3,40)41)25-33(38)36(24-28-14-11-17-31(22-28)42-2)32(23-27-12-7-5-8-13-27)34(39)35-29-15-9-6-10-16-29/h5,7-8,11-14,17-22,29,32H,4,6,9-10,15-16,23-25H2,1-3H3,(H,35,39)/t32-/m0/s1. The number of rotatable bonds is 13. The molecule has 4 rings (SSSR count). The van der Waals surface area contributed by atoms with Crippen molar-refractivity contribution in [3.05, 3.63) is 95.6 Å². The molecule has 1 atom stereocenters. The lowest BCUT2D eigenvalue weighted by Crippen LogP contribution is -2.55. The fraction of sp³-hybridized carbons (Fsp3) is 0.412. The molecule has 1 saturated carbocycles. The Morgan fingerprint density at radius 3 is 2.21 bits per heavy atom. The lowest BCUT2D eigenvalue weighted by atomic mass is 9.94. The van der Waals surface area contributed by atoms with Gasteiger partial charge in [-0.15, -0.1) is 0 Å². The number of nitrogens with one attached hydrogen (secondary N) is 1. The van der Waals surface area contributed by atoms with Crippen LogP contribution in [0, 0.1) is 0 Å². The molecule has 0 saturated heterocycles. The molecule has 0 unspecified atom stereocenters. The maximum atomic E-state index is 14.3. The maximum Gasteiger partial charge on any atom is 0.244 e. The van der Waals surface area contributed by atoms with Gasteiger partial charge in [0.15, 0.2) is 0 Å². The number of ether oxygens (including phenoxy) is 1. The zero-order chi connectivity index (χ0) is 30.8. The van der Waals surface area contributed by atoms with Gasteiger partial charge in [-0.2, -0.15) is 0 Å². The van der Waals surface area contributed by atoms with Crippen LogP contribution in [0.3, 0.4) is 0 Å². The molecular weight excluding hydrogens is 562 g/mol. The molecule has 0 spiro atoms. The van der Waals surface area contributed by atoms with Gasteiger partial charge in [-0.3, -0.25) is 13.9 Å². The molecule has 0 heterocycles. The average Bonchev–Trinajstić information content (AvgIpc) is 3.02. The second-order valence-electron chi connectivity index (χ2n) is 11.2. The van der Waals surface area contributed by atoms with Gasteiger partial charge < -0.3 is 15.0 Å². The van der Waals surface area contributed by atoms with Crippen LogP contribution in [-0.4, -0.2) is 57.1 Å². The molecule has 0 bridgehead atoms. The lowest BCUT2D eigenvalue weighted by Gasteiger charge is -2.35. The smallest absolute Gasteiger partial charge is 0.244 e. The highest BCUT2D eigenvalue weighted by Crippen LogP contribution is 2.23. The van der Waals surface area contributed by atoms with Crippen LogP contribution in [-0.2, 0) is 39.0 Å². The first-order valence-electron chi connectivity index (χ1n) is 15.0. The van der Waals surface area contributed by atoms with Crippen molar-refractivity contribution in [2.45, 2.75) is 70.5 Å². The van der Waals surface area contributed by atoms with Crippen LogP contribution in [0.25, 0.3) is 0 Å². The number of amides is 2. The number of benzene rings is 3. The summed E-state index contributed by atoms with van der Waals surface area (Å²) >= 11 is 0. The van der Waals surface area contributed by atoms with Crippen LogP contribution >= 0.6 is 0 Å². The predicted octanol–water partition coefficient (Wildman–Crippen LogP) is 5.11. The molecule has 1 N–H and O–H groups in total. The van der Waals surface area contributed by atoms with Gasteiger partial charge in [-0.25, -0.2) is 8.42 Å². The Kier molecular flexibility index (Phi) is 11.2. The summed E-state index contributed by atoms with van der Waals surface area (Å²) in [5.41, 5.74) is 3.14. The Morgan fingerprint density at radius 1 is 0.907 bits per heavy atom. The van der Waals surface area contributed by atoms with E-state index in [0.29, 0.717) is 17.9 Å². The van der Waals surface area contributed by atoms with Gasteiger partial charge in [0.05, 0.1) is 19.1 Å². The zero-order valence-electron chi connectivity index (χ0n) is 25.4. The van der Waals surface area contributed by atoms with E-state index in [0.717, 1.165) is 65.8 Å². The van der Waals surface area contributed by atoms with Crippen molar-refractivity contribution in [3.8, 4) is 5.75 Å². The molecule has 1 fully saturated rings. The first-order chi connectivity index (χ1) is 20.7. The topological polar surface area (TPSA) is 96.0 Å². The van der Waals surface area contributed by atoms with E-state index in [-0.39, 0.29) is 18.5 Å². The van der Waals surface area contributed by atoms with Crippen molar-refractivity contribution in [3.63, 3.8) is 0 Å². The van der Waals surface area contributed by atoms with Gasteiger partial charge >= 0.3 is 0 Å². The Labute approximate surface area is 256 Å². The van der Waals surface area contributed by atoms with Gasteiger partial charge in [-0.1, -0.05) is 80.8 Å². The third kappa shape index (κ3) is 9.07. The fourth-order valence-electron chi connectivity index (χ4n) is 5.58. The predicted molar refractivity (Wildman–Crippen MR) is 171 cm³/mol. The van der Waals surface area contributed by atoms with Crippen LogP contribution < -0.4 is 14.4 Å². The molecule has 1 aliphatic rings. The number of carbonyl (C=O) groups is 2. The maximum absolute atomic E-state index is 14.3. The number of hydrogen-bond donors (Lipinski definition) is 1. The quantitative estimate of drug-likeness (QED) is 0.292. The molecule has 43 heavy (non-hydrogen) atoms. The third-order valence-electron chi connectivity index (χ3n) is 8.02. The molecule has 3 aromatic carbocycles. The largest absolute Gasteiger partial charge is 0.497 e. The van der Waals surface area contributed by atoms with E-state index in [2.05, 4.69) is 5.32 Å². The minimum absolute atomic E-state index is 0.0536. The number of anilines is 1. The Bertz CT molecular complexity index is 1450. The summed E-state index contributed by atoms with van der Waals surface area (Å²) in [6.07, 6.45) is 7.27. The van der Waals surface area contributed by atoms with E-state index >= 15 is 0 Å². The molecule has 0 aromatic heterocycles. The summed E-state index contributed by atoms with van der Waals surface area (Å²) in [5, 5.41) is 3.22. The van der Waals surface area contributed by atoms with Crippen LogP contribution in [0.1, 0.15) is 55.7 Å². The third-order valence-corrected chi connectivity index (χ3v) is 9.16. The van der Waals surface area contributed by atoms with E-state index in [4.69, 9.17) is 4.74 Å². The SMILES string of the molecule is CCc1ccc(N(CC(=O)N(Cc2cccc(OC)c2)[C@@H](Cc2ccccc2)C(=O)NC2CCCCC2)S(C)(=O)=O)cc1. The van der Waals surface area contributed by atoms with E-state index < -0.39 is 28.5 Å². The number of sulfonamides is 1. The molecule has 8 nitrogen and oxygen atoms in total. The van der Waals surface area contributed by atoms with Gasteiger partial charge in [0.25, 0.3) is 0 Å². The fourth-order valence-corrected chi connectivity index (χ4v) is 6.43. The molecule has 3 aromatic rings. The number of hydrogen-bond acceptors (Lipinski definition) is 5. The zero-order valence-corrected chi connectivity index (χ0v) is 26.2. The van der Waals surface area contributed by atoms with Gasteiger partial charge in [0, 0.05) is 19.0 Å². The van der Waals surface area contributed by atoms with Crippen LogP contribution in [0.5, 0.6) is 5.75 Å². The normalized spacial score (nSPS) is 14.5. The number of nitrogens with zero attached hydrogens (tertiary/aromatic N) is 2. The number of aryl methyl sites for hydroxylation is 1. The van der Waals surface area contributed by atoms with E-state index in [1.54, 1.807) is 19.2 Å². The van der Waals surface area contributed by atoms with Gasteiger partial charge in [0.1, 0.15) is 18.3 Å². The lowest BCUT2D eigenvalue weighted by molar-refractivity contribution is -0.140. The summed E-state index contributed by atoms with van der Waals surface area (Å²) in [7, 11) is -2.24. The summed E-state index contributed by atoms with van der Waals surface area (Å²) < 4.78 is 32.5. The molecule has 1 aliphatic carbocycles. The summed E-state index contributed by atoms with van der Waals surface area (Å²) in [5.74, 6) is -0.0670. The molecule has 9 heteroatoms. The first-order valence-corrected chi connectivity index (χ1v) is 16.9. The number of carbonyl (C=O) groups excluding carboxylic acids is 2. The highest BCUT2D eigenvalue weighted by Gasteiger charge is 2.34. The number of methoxy groups -OCH3 is 1. The van der Waals surface area contributed by atoms with Crippen molar-refractivity contribution in [1.29, 1.82) is 0 Å². The van der Waals surface area contributed by atoms with Crippen molar-refractivity contribution >= 4 is 27.5 Å². The molecule has 0 radical (unpaired) electrons. The van der Waals surface area contributed by atoms with Crippen LogP contribution in [0.4, 0.5) is 5.69 Å². The van der Waals surface area contributed by atoms with Crippen LogP contribution in [0.15, 0.2) is 78.9 Å². The Hall–Kier alpha value is -3.85. The highest BCUT2D eigenvalue weighted by molar-refractivity contribution is 7.92. The van der Waals surface area contributed by atoms with Crippen molar-refractivity contribution in [2.75, 3.05) is 24.2 Å². The highest BCUT2D eigenvalue weighted by atomic mass is 32.2. The second kappa shape index (κ2) is 15.0. The molecule has 230 valence electrons. The van der Waals surface area contributed by atoms with E-state index in [1.807, 2.05) is 73.7 Å². The van der Waals surface area contributed by atoms with Crippen molar-refractivity contribution < 1.29 is 22.7 Å². The Balaban J connectivity index is 1.72. The van der Waals surface area contributed by atoms with Gasteiger partial charge in [0.2, 0.25) is 21.8 Å². The average molecular weight is 606 g/mol. The van der Waals surface area contributed by atoms with Crippen molar-refractivity contribution in [1.82, 2.24) is 10.2 Å². The monoisotopic (exact) mass is 605 g/mol.